The Labute approximate surface area is 172 Å². The zero-order valence-electron chi connectivity index (χ0n) is 16.4. The number of carbonyl (C=O) groups is 1. The second-order valence-corrected chi connectivity index (χ2v) is 9.93. The van der Waals surface area contributed by atoms with Crippen molar-refractivity contribution in [2.75, 3.05) is 40.3 Å². The van der Waals surface area contributed by atoms with Crippen LogP contribution in [0, 0.1) is 5.92 Å². The Morgan fingerprint density at radius 3 is 2.57 bits per heavy atom. The third kappa shape index (κ3) is 4.79. The van der Waals surface area contributed by atoms with Crippen molar-refractivity contribution in [1.29, 1.82) is 0 Å². The molecule has 1 aromatic carbocycles. The molecule has 156 valence electrons. The third-order valence-corrected chi connectivity index (χ3v) is 7.74. The molecule has 1 aromatic rings. The molecule has 2 aliphatic rings. The Bertz CT molecular complexity index is 809. The van der Waals surface area contributed by atoms with Gasteiger partial charge in [0.2, 0.25) is 15.9 Å². The maximum absolute atomic E-state index is 13.0. The van der Waals surface area contributed by atoms with Crippen LogP contribution in [0.2, 0.25) is 5.02 Å². The first-order valence-corrected chi connectivity index (χ1v) is 11.5. The molecule has 2 aliphatic heterocycles. The summed E-state index contributed by atoms with van der Waals surface area (Å²) in [6.45, 7) is 2.54. The summed E-state index contributed by atoms with van der Waals surface area (Å²) in [6.07, 6.45) is 3.23. The molecule has 1 amide bonds. The molecule has 0 spiro atoms. The average Bonchev–Trinajstić information content (AvgIpc) is 2.69. The van der Waals surface area contributed by atoms with Crippen LogP contribution in [0.1, 0.15) is 25.7 Å². The normalized spacial score (nSPS) is 22.8. The van der Waals surface area contributed by atoms with Crippen molar-refractivity contribution in [2.24, 2.45) is 5.92 Å². The maximum Gasteiger partial charge on any atom is 0.243 e. The quantitative estimate of drug-likeness (QED) is 0.774. The number of hydrogen-bond donors (Lipinski definition) is 1. The molecule has 0 aromatic heterocycles. The minimum atomic E-state index is -3.71. The van der Waals surface area contributed by atoms with Gasteiger partial charge in [0.1, 0.15) is 5.75 Å². The van der Waals surface area contributed by atoms with E-state index in [1.54, 1.807) is 6.07 Å². The van der Waals surface area contributed by atoms with E-state index in [4.69, 9.17) is 16.3 Å². The van der Waals surface area contributed by atoms with Crippen LogP contribution in [0.3, 0.4) is 0 Å². The van der Waals surface area contributed by atoms with Crippen molar-refractivity contribution in [3.05, 3.63) is 23.2 Å². The van der Waals surface area contributed by atoms with Crippen LogP contribution in [0.4, 0.5) is 0 Å². The van der Waals surface area contributed by atoms with Gasteiger partial charge in [-0.15, -0.1) is 0 Å². The number of likely N-dealkylation sites (tertiary alicyclic amines) is 1. The molecular formula is C19H28ClN3O4S. The SMILES string of the molecule is COc1ccc(S(=O)(=O)N2CCCC(C(=O)NC3CCN(C)CC3)C2)cc1Cl. The summed E-state index contributed by atoms with van der Waals surface area (Å²) >= 11 is 6.10. The Kier molecular flexibility index (Phi) is 6.85. The summed E-state index contributed by atoms with van der Waals surface area (Å²) in [5, 5.41) is 3.37. The van der Waals surface area contributed by atoms with Gasteiger partial charge in [0.05, 0.1) is 22.9 Å². The van der Waals surface area contributed by atoms with Crippen LogP contribution in [0.25, 0.3) is 0 Å². The first-order valence-electron chi connectivity index (χ1n) is 9.64. The number of benzene rings is 1. The van der Waals surface area contributed by atoms with Crippen LogP contribution in [0.5, 0.6) is 5.75 Å². The van der Waals surface area contributed by atoms with E-state index in [0.29, 0.717) is 25.1 Å². The van der Waals surface area contributed by atoms with E-state index in [0.717, 1.165) is 25.9 Å². The van der Waals surface area contributed by atoms with E-state index in [2.05, 4.69) is 17.3 Å². The molecule has 2 saturated heterocycles. The topological polar surface area (TPSA) is 79.0 Å². The van der Waals surface area contributed by atoms with Crippen molar-refractivity contribution in [3.63, 3.8) is 0 Å². The Morgan fingerprint density at radius 1 is 1.21 bits per heavy atom. The van der Waals surface area contributed by atoms with E-state index in [1.165, 1.54) is 23.5 Å². The molecule has 2 fully saturated rings. The lowest BCUT2D eigenvalue weighted by Crippen LogP contribution is -2.49. The predicted octanol–water partition coefficient (Wildman–Crippen LogP) is 1.96. The summed E-state index contributed by atoms with van der Waals surface area (Å²) in [5.41, 5.74) is 0. The number of nitrogens with zero attached hydrogens (tertiary/aromatic N) is 2. The smallest absolute Gasteiger partial charge is 0.243 e. The fourth-order valence-corrected chi connectivity index (χ4v) is 5.68. The lowest BCUT2D eigenvalue weighted by molar-refractivity contribution is -0.127. The van der Waals surface area contributed by atoms with Crippen LogP contribution >= 0.6 is 11.6 Å². The number of carbonyl (C=O) groups excluding carboxylic acids is 1. The van der Waals surface area contributed by atoms with Gasteiger partial charge in [0.15, 0.2) is 0 Å². The van der Waals surface area contributed by atoms with Gasteiger partial charge < -0.3 is 15.0 Å². The fourth-order valence-electron chi connectivity index (χ4n) is 3.80. The number of ether oxygens (including phenoxy) is 1. The maximum atomic E-state index is 13.0. The highest BCUT2D eigenvalue weighted by atomic mass is 35.5. The molecule has 28 heavy (non-hydrogen) atoms. The third-order valence-electron chi connectivity index (χ3n) is 5.58. The first-order chi connectivity index (χ1) is 13.3. The minimum Gasteiger partial charge on any atom is -0.495 e. The Morgan fingerprint density at radius 2 is 1.93 bits per heavy atom. The van der Waals surface area contributed by atoms with E-state index in [-0.39, 0.29) is 34.3 Å². The molecular weight excluding hydrogens is 402 g/mol. The van der Waals surface area contributed by atoms with Crippen molar-refractivity contribution in [2.45, 2.75) is 36.6 Å². The van der Waals surface area contributed by atoms with E-state index in [1.807, 2.05) is 0 Å². The summed E-state index contributed by atoms with van der Waals surface area (Å²) in [4.78, 5) is 15.1. The average molecular weight is 430 g/mol. The molecule has 9 heteroatoms. The van der Waals surface area contributed by atoms with Gasteiger partial charge in [-0.3, -0.25) is 4.79 Å². The molecule has 1 N–H and O–H groups in total. The molecule has 3 rings (SSSR count). The zero-order valence-corrected chi connectivity index (χ0v) is 17.9. The lowest BCUT2D eigenvalue weighted by Gasteiger charge is -2.34. The number of piperidine rings is 2. The van der Waals surface area contributed by atoms with Crippen molar-refractivity contribution >= 4 is 27.5 Å². The number of halogens is 1. The number of rotatable bonds is 5. The van der Waals surface area contributed by atoms with Gasteiger partial charge in [-0.25, -0.2) is 8.42 Å². The van der Waals surface area contributed by atoms with Gasteiger partial charge in [-0.2, -0.15) is 4.31 Å². The highest BCUT2D eigenvalue weighted by Gasteiger charge is 2.34. The molecule has 1 atom stereocenters. The zero-order chi connectivity index (χ0) is 20.3. The van der Waals surface area contributed by atoms with Crippen LogP contribution in [-0.2, 0) is 14.8 Å². The first kappa shape index (κ1) is 21.4. The predicted molar refractivity (Wildman–Crippen MR) is 108 cm³/mol. The molecule has 0 bridgehead atoms. The van der Waals surface area contributed by atoms with Crippen molar-refractivity contribution in [1.82, 2.24) is 14.5 Å². The number of methoxy groups -OCH3 is 1. The largest absolute Gasteiger partial charge is 0.495 e. The van der Waals surface area contributed by atoms with E-state index >= 15 is 0 Å². The second kappa shape index (κ2) is 8.98. The molecule has 0 radical (unpaired) electrons. The number of sulfonamides is 1. The summed E-state index contributed by atoms with van der Waals surface area (Å²) < 4.78 is 32.5. The standard InChI is InChI=1S/C19H28ClN3O4S/c1-22-10-7-15(8-11-22)21-19(24)14-4-3-9-23(13-14)28(25,26)16-5-6-18(27-2)17(20)12-16/h5-6,12,14-15H,3-4,7-11,13H2,1-2H3,(H,21,24). The molecule has 0 saturated carbocycles. The van der Waals surface area contributed by atoms with Gasteiger partial charge in [0, 0.05) is 19.1 Å². The van der Waals surface area contributed by atoms with Gasteiger partial charge in [-0.1, -0.05) is 11.6 Å². The van der Waals surface area contributed by atoms with Crippen LogP contribution < -0.4 is 10.1 Å². The number of amides is 1. The Hall–Kier alpha value is -1.35. The van der Waals surface area contributed by atoms with Gasteiger partial charge >= 0.3 is 0 Å². The van der Waals surface area contributed by atoms with Crippen LogP contribution in [0.15, 0.2) is 23.1 Å². The van der Waals surface area contributed by atoms with Gasteiger partial charge in [-0.05, 0) is 64.0 Å². The molecule has 2 heterocycles. The summed E-state index contributed by atoms with van der Waals surface area (Å²) in [7, 11) is -0.153. The van der Waals surface area contributed by atoms with E-state index in [9.17, 15) is 13.2 Å². The molecule has 1 unspecified atom stereocenters. The monoisotopic (exact) mass is 429 g/mol. The highest BCUT2D eigenvalue weighted by Crippen LogP contribution is 2.30. The van der Waals surface area contributed by atoms with Crippen molar-refractivity contribution in [3.8, 4) is 5.75 Å². The highest BCUT2D eigenvalue weighted by molar-refractivity contribution is 7.89. The summed E-state index contributed by atoms with van der Waals surface area (Å²) in [6, 6.07) is 4.61. The van der Waals surface area contributed by atoms with Crippen LogP contribution in [-0.4, -0.2) is 69.9 Å². The molecule has 0 aliphatic carbocycles. The van der Waals surface area contributed by atoms with E-state index < -0.39 is 10.0 Å². The second-order valence-electron chi connectivity index (χ2n) is 7.58. The summed E-state index contributed by atoms with van der Waals surface area (Å²) in [5.74, 6) is 0.0637. The fraction of sp³-hybridized carbons (Fsp3) is 0.632. The lowest BCUT2D eigenvalue weighted by atomic mass is 9.97. The number of nitrogens with one attached hydrogen (secondary N) is 1. The van der Waals surface area contributed by atoms with Crippen molar-refractivity contribution < 1.29 is 17.9 Å². The molecule has 7 nitrogen and oxygen atoms in total. The van der Waals surface area contributed by atoms with Gasteiger partial charge in [0.25, 0.3) is 0 Å². The Balaban J connectivity index is 1.66. The minimum absolute atomic E-state index is 0.0396. The number of hydrogen-bond acceptors (Lipinski definition) is 5.